The van der Waals surface area contributed by atoms with Crippen molar-refractivity contribution in [3.8, 4) is 11.3 Å². The molecule has 7 heteroatoms. The summed E-state index contributed by atoms with van der Waals surface area (Å²) in [5, 5.41) is 15.0. The third-order valence-electron chi connectivity index (χ3n) is 4.63. The SMILES string of the molecule is Cc1ccc(-c2ccc(=O)n(C(C)C(=O)Nc3ccc4cn[nH]c4c3)n2)cc1. The standard InChI is InChI=1S/C21H19N5O2/c1-13-3-5-15(6-4-13)18-9-10-20(27)26(25-18)14(2)21(28)23-17-8-7-16-12-22-24-19(16)11-17/h3-12,14H,1-2H3,(H,22,24)(H,23,28). The predicted octanol–water partition coefficient (Wildman–Crippen LogP) is 3.29. The number of rotatable bonds is 4. The largest absolute Gasteiger partial charge is 0.324 e. The lowest BCUT2D eigenvalue weighted by Gasteiger charge is -2.15. The van der Waals surface area contributed by atoms with Gasteiger partial charge in [0.05, 0.1) is 17.4 Å². The highest BCUT2D eigenvalue weighted by Gasteiger charge is 2.18. The molecule has 2 N–H and O–H groups in total. The third-order valence-corrected chi connectivity index (χ3v) is 4.63. The first-order valence-corrected chi connectivity index (χ1v) is 8.92. The van der Waals surface area contributed by atoms with Crippen molar-refractivity contribution in [1.29, 1.82) is 0 Å². The first-order valence-electron chi connectivity index (χ1n) is 8.92. The Morgan fingerprint density at radius 1 is 1.11 bits per heavy atom. The van der Waals surface area contributed by atoms with E-state index in [2.05, 4.69) is 20.6 Å². The zero-order valence-electron chi connectivity index (χ0n) is 15.5. The van der Waals surface area contributed by atoms with Crippen molar-refractivity contribution >= 4 is 22.5 Å². The maximum Gasteiger partial charge on any atom is 0.267 e. The summed E-state index contributed by atoms with van der Waals surface area (Å²) in [4.78, 5) is 25.0. The molecule has 0 aliphatic carbocycles. The fourth-order valence-corrected chi connectivity index (χ4v) is 2.95. The van der Waals surface area contributed by atoms with Crippen LogP contribution in [0.3, 0.4) is 0 Å². The van der Waals surface area contributed by atoms with Gasteiger partial charge >= 0.3 is 0 Å². The maximum absolute atomic E-state index is 12.7. The van der Waals surface area contributed by atoms with E-state index in [9.17, 15) is 9.59 Å². The molecule has 0 aliphatic heterocycles. The Balaban J connectivity index is 1.60. The lowest BCUT2D eigenvalue weighted by atomic mass is 10.1. The minimum atomic E-state index is -0.768. The summed E-state index contributed by atoms with van der Waals surface area (Å²) in [5.41, 5.74) is 3.77. The average molecular weight is 373 g/mol. The summed E-state index contributed by atoms with van der Waals surface area (Å²) in [7, 11) is 0. The number of carbonyl (C=O) groups excluding carboxylic acids is 1. The van der Waals surface area contributed by atoms with Crippen molar-refractivity contribution < 1.29 is 4.79 Å². The van der Waals surface area contributed by atoms with Crippen molar-refractivity contribution in [2.24, 2.45) is 0 Å². The molecule has 0 saturated carbocycles. The first-order chi connectivity index (χ1) is 13.5. The van der Waals surface area contributed by atoms with Gasteiger partial charge in [0.2, 0.25) is 5.91 Å². The summed E-state index contributed by atoms with van der Waals surface area (Å²) in [6, 6.07) is 15.6. The molecule has 4 rings (SSSR count). The molecule has 0 fully saturated rings. The molecule has 4 aromatic rings. The third kappa shape index (κ3) is 3.42. The number of fused-ring (bicyclic) bond motifs is 1. The van der Waals surface area contributed by atoms with Gasteiger partial charge in [0.25, 0.3) is 5.56 Å². The van der Waals surface area contributed by atoms with E-state index in [1.807, 2.05) is 37.3 Å². The quantitative estimate of drug-likeness (QED) is 0.574. The van der Waals surface area contributed by atoms with Gasteiger partial charge in [-0.2, -0.15) is 10.2 Å². The number of hydrogen-bond acceptors (Lipinski definition) is 4. The van der Waals surface area contributed by atoms with E-state index in [0.717, 1.165) is 22.0 Å². The zero-order valence-corrected chi connectivity index (χ0v) is 15.5. The summed E-state index contributed by atoms with van der Waals surface area (Å²) in [6.07, 6.45) is 1.71. The number of nitrogens with one attached hydrogen (secondary N) is 2. The zero-order chi connectivity index (χ0) is 19.7. The predicted molar refractivity (Wildman–Crippen MR) is 108 cm³/mol. The summed E-state index contributed by atoms with van der Waals surface area (Å²) in [5.74, 6) is -0.325. The van der Waals surface area contributed by atoms with Gasteiger partial charge in [0, 0.05) is 22.7 Å². The Kier molecular flexibility index (Phi) is 4.49. The molecule has 1 unspecified atom stereocenters. The molecule has 2 aromatic heterocycles. The number of H-pyrrole nitrogens is 1. The minimum Gasteiger partial charge on any atom is -0.324 e. The molecular formula is C21H19N5O2. The monoisotopic (exact) mass is 373 g/mol. The number of nitrogens with zero attached hydrogens (tertiary/aromatic N) is 3. The van der Waals surface area contributed by atoms with Gasteiger partial charge < -0.3 is 5.32 Å². The second-order valence-corrected chi connectivity index (χ2v) is 6.70. The average Bonchev–Trinajstić information content (AvgIpc) is 3.16. The molecular weight excluding hydrogens is 354 g/mol. The van der Waals surface area contributed by atoms with Gasteiger partial charge in [-0.15, -0.1) is 0 Å². The van der Waals surface area contributed by atoms with Crippen molar-refractivity contribution in [2.45, 2.75) is 19.9 Å². The Bertz CT molecular complexity index is 1210. The molecule has 1 amide bonds. The molecule has 0 bridgehead atoms. The summed E-state index contributed by atoms with van der Waals surface area (Å²) >= 11 is 0. The first kappa shape index (κ1) is 17.7. The van der Waals surface area contributed by atoms with Crippen LogP contribution in [0.5, 0.6) is 0 Å². The van der Waals surface area contributed by atoms with Gasteiger partial charge in [-0.1, -0.05) is 29.8 Å². The van der Waals surface area contributed by atoms with Crippen molar-refractivity contribution in [3.05, 3.63) is 76.7 Å². The molecule has 1 atom stereocenters. The number of anilines is 1. The van der Waals surface area contributed by atoms with E-state index in [1.165, 1.54) is 10.7 Å². The van der Waals surface area contributed by atoms with Crippen LogP contribution in [-0.4, -0.2) is 25.9 Å². The highest BCUT2D eigenvalue weighted by Crippen LogP contribution is 2.19. The van der Waals surface area contributed by atoms with Gasteiger partial charge in [-0.25, -0.2) is 4.68 Å². The van der Waals surface area contributed by atoms with E-state index in [0.29, 0.717) is 11.4 Å². The van der Waals surface area contributed by atoms with Gasteiger partial charge in [-0.05, 0) is 38.1 Å². The van der Waals surface area contributed by atoms with Crippen LogP contribution >= 0.6 is 0 Å². The Morgan fingerprint density at radius 2 is 1.89 bits per heavy atom. The van der Waals surface area contributed by atoms with Crippen LogP contribution in [0, 0.1) is 6.92 Å². The van der Waals surface area contributed by atoms with Crippen LogP contribution in [0.15, 0.2) is 65.6 Å². The van der Waals surface area contributed by atoms with Crippen molar-refractivity contribution in [1.82, 2.24) is 20.0 Å². The highest BCUT2D eigenvalue weighted by molar-refractivity contribution is 5.95. The number of benzene rings is 2. The molecule has 0 spiro atoms. The Labute approximate surface area is 161 Å². The van der Waals surface area contributed by atoms with E-state index < -0.39 is 6.04 Å². The van der Waals surface area contributed by atoms with Crippen molar-refractivity contribution in [3.63, 3.8) is 0 Å². The molecule has 0 aliphatic rings. The van der Waals surface area contributed by atoms with Gasteiger partial charge in [0.1, 0.15) is 6.04 Å². The molecule has 0 radical (unpaired) electrons. The molecule has 0 saturated heterocycles. The molecule has 2 aromatic carbocycles. The number of aromatic amines is 1. The fraction of sp³-hybridized carbons (Fsp3) is 0.143. The topological polar surface area (TPSA) is 92.7 Å². The van der Waals surface area contributed by atoms with Crippen LogP contribution in [0.4, 0.5) is 5.69 Å². The number of amides is 1. The summed E-state index contributed by atoms with van der Waals surface area (Å²) in [6.45, 7) is 3.66. The van der Waals surface area contributed by atoms with Crippen molar-refractivity contribution in [2.75, 3.05) is 5.32 Å². The van der Waals surface area contributed by atoms with Crippen LogP contribution in [0.1, 0.15) is 18.5 Å². The molecule has 140 valence electrons. The van der Waals surface area contributed by atoms with Crippen LogP contribution in [-0.2, 0) is 4.79 Å². The lowest BCUT2D eigenvalue weighted by molar-refractivity contribution is -0.119. The number of hydrogen-bond donors (Lipinski definition) is 2. The second kappa shape index (κ2) is 7.11. The number of carbonyl (C=O) groups is 1. The number of aromatic nitrogens is 4. The van der Waals surface area contributed by atoms with E-state index in [-0.39, 0.29) is 11.5 Å². The Morgan fingerprint density at radius 3 is 2.68 bits per heavy atom. The highest BCUT2D eigenvalue weighted by atomic mass is 16.2. The van der Waals surface area contributed by atoms with Gasteiger partial charge in [0.15, 0.2) is 0 Å². The van der Waals surface area contributed by atoms with E-state index in [1.54, 1.807) is 31.3 Å². The Hall–Kier alpha value is -3.74. The van der Waals surface area contributed by atoms with E-state index in [4.69, 9.17) is 0 Å². The molecule has 7 nitrogen and oxygen atoms in total. The minimum absolute atomic E-state index is 0.325. The molecule has 2 heterocycles. The van der Waals surface area contributed by atoms with Gasteiger partial charge in [-0.3, -0.25) is 14.7 Å². The molecule has 28 heavy (non-hydrogen) atoms. The smallest absolute Gasteiger partial charge is 0.267 e. The number of aryl methyl sites for hydroxylation is 1. The fourth-order valence-electron chi connectivity index (χ4n) is 2.95. The maximum atomic E-state index is 12.7. The van der Waals surface area contributed by atoms with Crippen LogP contribution in [0.2, 0.25) is 0 Å². The van der Waals surface area contributed by atoms with Crippen LogP contribution in [0.25, 0.3) is 22.2 Å². The normalized spacial score (nSPS) is 12.1. The van der Waals surface area contributed by atoms with Crippen LogP contribution < -0.4 is 10.9 Å². The summed E-state index contributed by atoms with van der Waals surface area (Å²) < 4.78 is 1.21. The van der Waals surface area contributed by atoms with E-state index >= 15 is 0 Å². The second-order valence-electron chi connectivity index (χ2n) is 6.70. The lowest BCUT2D eigenvalue weighted by Crippen LogP contribution is -2.33.